The molecule has 3 aliphatic heterocycles. The number of hydrogen-bond donors (Lipinski definition) is 1. The van der Waals surface area contributed by atoms with Crippen molar-refractivity contribution in [1.29, 1.82) is 0 Å². The molecule has 0 bridgehead atoms. The fraction of sp³-hybridized carbons (Fsp3) is 0.773. The van der Waals surface area contributed by atoms with E-state index in [-0.39, 0.29) is 18.4 Å². The van der Waals surface area contributed by atoms with Crippen molar-refractivity contribution in [3.8, 4) is 0 Å². The number of amides is 2. The Morgan fingerprint density at radius 2 is 1.90 bits per heavy atom. The lowest BCUT2D eigenvalue weighted by Gasteiger charge is -2.40. The predicted octanol–water partition coefficient (Wildman–Crippen LogP) is 1.38. The minimum absolute atomic E-state index is 0.00544. The average Bonchev–Trinajstić information content (AvgIpc) is 3.15. The van der Waals surface area contributed by atoms with E-state index in [1.54, 1.807) is 4.90 Å². The molecule has 1 aromatic rings. The molecule has 1 N–H and O–H groups in total. The van der Waals surface area contributed by atoms with Crippen molar-refractivity contribution in [3.63, 3.8) is 0 Å². The number of nitrogens with one attached hydrogen (secondary N) is 1. The van der Waals surface area contributed by atoms with Crippen LogP contribution in [0.2, 0.25) is 0 Å². The van der Waals surface area contributed by atoms with Gasteiger partial charge in [0.15, 0.2) is 0 Å². The number of aromatic nitrogens is 2. The monoisotopic (exact) mass is 416 g/mol. The molecule has 0 radical (unpaired) electrons. The van der Waals surface area contributed by atoms with Gasteiger partial charge in [-0.2, -0.15) is 5.10 Å². The van der Waals surface area contributed by atoms with E-state index in [2.05, 4.69) is 20.2 Å². The molecule has 2 amide bonds. The minimum Gasteiger partial charge on any atom is -0.354 e. The van der Waals surface area contributed by atoms with E-state index >= 15 is 0 Å². The quantitative estimate of drug-likeness (QED) is 0.680. The largest absolute Gasteiger partial charge is 0.354 e. The highest BCUT2D eigenvalue weighted by Gasteiger charge is 2.28. The molecule has 0 atom stereocenters. The summed E-state index contributed by atoms with van der Waals surface area (Å²) in [6.07, 6.45) is 8.03. The molecular weight excluding hydrogens is 380 g/mol. The van der Waals surface area contributed by atoms with Crippen LogP contribution in [0.15, 0.2) is 6.07 Å². The van der Waals surface area contributed by atoms with E-state index in [4.69, 9.17) is 0 Å². The molecule has 30 heavy (non-hydrogen) atoms. The lowest BCUT2D eigenvalue weighted by atomic mass is 10.00. The van der Waals surface area contributed by atoms with Gasteiger partial charge < -0.3 is 15.1 Å². The summed E-state index contributed by atoms with van der Waals surface area (Å²) in [4.78, 5) is 31.5. The minimum atomic E-state index is -0.0977. The van der Waals surface area contributed by atoms with E-state index in [0.29, 0.717) is 19.5 Å². The van der Waals surface area contributed by atoms with Gasteiger partial charge in [0.2, 0.25) is 11.8 Å². The maximum Gasteiger partial charge on any atom is 0.240 e. The molecule has 166 valence electrons. The van der Waals surface area contributed by atoms with Crippen LogP contribution in [-0.4, -0.2) is 83.2 Å². The Morgan fingerprint density at radius 3 is 2.67 bits per heavy atom. The summed E-state index contributed by atoms with van der Waals surface area (Å²) in [5.74, 6) is 0.629. The number of hydrogen-bond acceptors (Lipinski definition) is 5. The second-order valence-corrected chi connectivity index (χ2v) is 8.97. The van der Waals surface area contributed by atoms with Crippen LogP contribution in [0.25, 0.3) is 0 Å². The molecule has 8 nitrogen and oxygen atoms in total. The summed E-state index contributed by atoms with van der Waals surface area (Å²) in [6, 6.07) is 2.65. The molecule has 2 saturated heterocycles. The number of carbonyl (C=O) groups excluding carboxylic acids is 2. The van der Waals surface area contributed by atoms with Crippen molar-refractivity contribution >= 4 is 17.6 Å². The molecule has 0 spiro atoms. The standard InChI is InChI=1S/C22H36N6O2/c1-18-16-21-27(22(30)8-15-28(21)24-18)17-20(29)23-9-5-10-25-13-6-19(7-14-25)26-11-3-2-4-12-26/h16,19H,2-15,17H2,1H3,(H,23,29). The molecule has 1 aromatic heterocycles. The van der Waals surface area contributed by atoms with Gasteiger partial charge in [0.25, 0.3) is 0 Å². The van der Waals surface area contributed by atoms with Crippen LogP contribution in [0.4, 0.5) is 5.82 Å². The summed E-state index contributed by atoms with van der Waals surface area (Å²) < 4.78 is 1.82. The molecule has 0 aliphatic carbocycles. The van der Waals surface area contributed by atoms with Gasteiger partial charge in [-0.25, -0.2) is 4.68 Å². The number of anilines is 1. The molecular formula is C22H36N6O2. The highest BCUT2D eigenvalue weighted by atomic mass is 16.2. The van der Waals surface area contributed by atoms with Crippen molar-refractivity contribution < 1.29 is 9.59 Å². The third-order valence-electron chi connectivity index (χ3n) is 6.74. The number of carbonyl (C=O) groups is 2. The Kier molecular flexibility index (Phi) is 7.04. The Morgan fingerprint density at radius 1 is 1.13 bits per heavy atom. The fourth-order valence-electron chi connectivity index (χ4n) is 5.07. The van der Waals surface area contributed by atoms with Crippen LogP contribution in [0.5, 0.6) is 0 Å². The topological polar surface area (TPSA) is 73.7 Å². The maximum atomic E-state index is 12.4. The van der Waals surface area contributed by atoms with Crippen LogP contribution < -0.4 is 10.2 Å². The predicted molar refractivity (Wildman–Crippen MR) is 116 cm³/mol. The number of piperidine rings is 2. The lowest BCUT2D eigenvalue weighted by Crippen LogP contribution is -2.47. The highest BCUT2D eigenvalue weighted by Crippen LogP contribution is 2.22. The van der Waals surface area contributed by atoms with Gasteiger partial charge in [-0.1, -0.05) is 6.42 Å². The first kappa shape index (κ1) is 21.3. The van der Waals surface area contributed by atoms with E-state index < -0.39 is 0 Å². The Labute approximate surface area is 179 Å². The number of likely N-dealkylation sites (tertiary alicyclic amines) is 2. The van der Waals surface area contributed by atoms with Crippen LogP contribution in [0.3, 0.4) is 0 Å². The van der Waals surface area contributed by atoms with Gasteiger partial charge in [-0.05, 0) is 71.8 Å². The average molecular weight is 417 g/mol. The van der Waals surface area contributed by atoms with Gasteiger partial charge >= 0.3 is 0 Å². The van der Waals surface area contributed by atoms with Gasteiger partial charge in [0.1, 0.15) is 12.4 Å². The third kappa shape index (κ3) is 5.21. The molecule has 0 saturated carbocycles. The van der Waals surface area contributed by atoms with Crippen LogP contribution >= 0.6 is 0 Å². The van der Waals surface area contributed by atoms with Crippen molar-refractivity contribution in [1.82, 2.24) is 24.9 Å². The summed E-state index contributed by atoms with van der Waals surface area (Å²) >= 11 is 0. The van der Waals surface area contributed by atoms with Crippen LogP contribution in [0.1, 0.15) is 50.6 Å². The number of fused-ring (bicyclic) bond motifs is 1. The molecule has 8 heteroatoms. The van der Waals surface area contributed by atoms with E-state index in [0.717, 1.165) is 30.5 Å². The zero-order chi connectivity index (χ0) is 20.9. The number of aryl methyl sites for hydroxylation is 2. The third-order valence-corrected chi connectivity index (χ3v) is 6.74. The second-order valence-electron chi connectivity index (χ2n) is 8.97. The molecule has 4 heterocycles. The first-order valence-electron chi connectivity index (χ1n) is 11.7. The van der Waals surface area contributed by atoms with Crippen molar-refractivity contribution in [2.24, 2.45) is 0 Å². The number of nitrogens with zero attached hydrogens (tertiary/aromatic N) is 5. The van der Waals surface area contributed by atoms with Crippen molar-refractivity contribution in [3.05, 3.63) is 11.8 Å². The van der Waals surface area contributed by atoms with Gasteiger partial charge in [0, 0.05) is 25.1 Å². The van der Waals surface area contributed by atoms with Gasteiger partial charge in [-0.15, -0.1) is 0 Å². The Bertz CT molecular complexity index is 734. The number of rotatable bonds is 7. The summed E-state index contributed by atoms with van der Waals surface area (Å²) in [7, 11) is 0. The summed E-state index contributed by atoms with van der Waals surface area (Å²) in [6.45, 7) is 9.17. The van der Waals surface area contributed by atoms with Crippen molar-refractivity contribution in [2.45, 2.75) is 64.5 Å². The Hall–Kier alpha value is -1.93. The summed E-state index contributed by atoms with van der Waals surface area (Å²) in [5, 5.41) is 7.38. The fourth-order valence-corrected chi connectivity index (χ4v) is 5.07. The zero-order valence-corrected chi connectivity index (χ0v) is 18.3. The molecule has 0 unspecified atom stereocenters. The molecule has 3 aliphatic rings. The first-order valence-corrected chi connectivity index (χ1v) is 11.7. The lowest BCUT2D eigenvalue weighted by molar-refractivity contribution is -0.124. The van der Waals surface area contributed by atoms with E-state index in [9.17, 15) is 9.59 Å². The first-order chi connectivity index (χ1) is 14.6. The van der Waals surface area contributed by atoms with E-state index in [1.165, 1.54) is 58.3 Å². The normalized spacial score (nSPS) is 21.6. The van der Waals surface area contributed by atoms with Crippen LogP contribution in [0, 0.1) is 6.92 Å². The molecule has 0 aromatic carbocycles. The van der Waals surface area contributed by atoms with Crippen molar-refractivity contribution in [2.75, 3.05) is 50.7 Å². The Balaban J connectivity index is 1.13. The van der Waals surface area contributed by atoms with Crippen LogP contribution in [-0.2, 0) is 16.1 Å². The highest BCUT2D eigenvalue weighted by molar-refractivity contribution is 5.98. The second kappa shape index (κ2) is 9.92. The van der Waals surface area contributed by atoms with Gasteiger partial charge in [0.05, 0.1) is 12.2 Å². The molecule has 2 fully saturated rings. The smallest absolute Gasteiger partial charge is 0.240 e. The molecule has 4 rings (SSSR count). The van der Waals surface area contributed by atoms with E-state index in [1.807, 2.05) is 17.7 Å². The SMILES string of the molecule is Cc1cc2n(n1)CCC(=O)N2CC(=O)NCCCN1CCC(N2CCCCC2)CC1. The summed E-state index contributed by atoms with van der Waals surface area (Å²) in [5.41, 5.74) is 0.870. The maximum absolute atomic E-state index is 12.4. The zero-order valence-electron chi connectivity index (χ0n) is 18.3. The van der Waals surface area contributed by atoms with Gasteiger partial charge in [-0.3, -0.25) is 14.5 Å².